The Bertz CT molecular complexity index is 956. The number of amides is 3. The standard InChI is InChI=1S/C28H43N3O7/c1-8-20-11-10-12-21(18-20)24(25(34)29-14-13-23(33)37-9-2)31(15-16-32)26(35)22(17-19(3)4)30-27(36)38-28(5,6)7/h8,10-12,18-19,22,24,32H,1,9,13-17H2,2-7H3,(H,29,34)(H,30,36). The normalized spacial score (nSPS) is 12.7. The van der Waals surface area contributed by atoms with E-state index in [1.165, 1.54) is 4.90 Å². The average molecular weight is 534 g/mol. The second-order valence-electron chi connectivity index (χ2n) is 10.2. The molecule has 2 unspecified atom stereocenters. The van der Waals surface area contributed by atoms with Crippen molar-refractivity contribution in [3.8, 4) is 0 Å². The van der Waals surface area contributed by atoms with Gasteiger partial charge in [0.15, 0.2) is 0 Å². The van der Waals surface area contributed by atoms with E-state index in [9.17, 15) is 24.3 Å². The second-order valence-corrected chi connectivity index (χ2v) is 10.2. The molecule has 1 aromatic carbocycles. The van der Waals surface area contributed by atoms with Crippen LogP contribution < -0.4 is 10.6 Å². The molecule has 0 bridgehead atoms. The fourth-order valence-corrected chi connectivity index (χ4v) is 3.76. The van der Waals surface area contributed by atoms with E-state index in [0.717, 1.165) is 5.56 Å². The molecular formula is C28H43N3O7. The number of esters is 1. The Morgan fingerprint density at radius 2 is 1.87 bits per heavy atom. The molecule has 3 amide bonds. The van der Waals surface area contributed by atoms with Crippen molar-refractivity contribution < 1.29 is 33.8 Å². The maximum atomic E-state index is 13.9. The summed E-state index contributed by atoms with van der Waals surface area (Å²) >= 11 is 0. The zero-order valence-corrected chi connectivity index (χ0v) is 23.4. The van der Waals surface area contributed by atoms with Gasteiger partial charge in [0.05, 0.1) is 19.6 Å². The Morgan fingerprint density at radius 1 is 1.18 bits per heavy atom. The minimum absolute atomic E-state index is 0.00204. The molecule has 0 aliphatic carbocycles. The number of carbonyl (C=O) groups is 4. The summed E-state index contributed by atoms with van der Waals surface area (Å²) in [7, 11) is 0. The van der Waals surface area contributed by atoms with Gasteiger partial charge in [-0.3, -0.25) is 14.4 Å². The highest BCUT2D eigenvalue weighted by atomic mass is 16.6. The largest absolute Gasteiger partial charge is 0.466 e. The molecule has 0 aromatic heterocycles. The highest BCUT2D eigenvalue weighted by Gasteiger charge is 2.36. The van der Waals surface area contributed by atoms with Crippen molar-refractivity contribution in [1.29, 1.82) is 0 Å². The third-order valence-electron chi connectivity index (χ3n) is 5.28. The van der Waals surface area contributed by atoms with Crippen LogP contribution in [-0.2, 0) is 23.9 Å². The summed E-state index contributed by atoms with van der Waals surface area (Å²) in [5, 5.41) is 15.2. The van der Waals surface area contributed by atoms with Crippen molar-refractivity contribution in [2.24, 2.45) is 5.92 Å². The molecule has 0 radical (unpaired) electrons. The van der Waals surface area contributed by atoms with Gasteiger partial charge in [-0.05, 0) is 57.2 Å². The smallest absolute Gasteiger partial charge is 0.408 e. The quantitative estimate of drug-likeness (QED) is 0.313. The molecule has 10 heteroatoms. The van der Waals surface area contributed by atoms with Crippen molar-refractivity contribution >= 4 is 30.0 Å². The molecule has 2 atom stereocenters. The number of hydrogen-bond acceptors (Lipinski definition) is 7. The SMILES string of the molecule is C=Cc1cccc(C(C(=O)NCCC(=O)OCC)N(CCO)C(=O)C(CC(C)C)NC(=O)OC(C)(C)C)c1. The van der Waals surface area contributed by atoms with Gasteiger partial charge in [0.1, 0.15) is 17.7 Å². The molecule has 0 saturated heterocycles. The molecule has 0 aliphatic heterocycles. The van der Waals surface area contributed by atoms with Crippen LogP contribution in [0.25, 0.3) is 6.08 Å². The minimum atomic E-state index is -1.15. The minimum Gasteiger partial charge on any atom is -0.466 e. The first-order valence-electron chi connectivity index (χ1n) is 12.9. The summed E-state index contributed by atoms with van der Waals surface area (Å²) in [5.74, 6) is -1.53. The van der Waals surface area contributed by atoms with Crippen LogP contribution in [0.3, 0.4) is 0 Å². The van der Waals surface area contributed by atoms with Crippen molar-refractivity contribution in [3.63, 3.8) is 0 Å². The molecule has 0 saturated carbocycles. The van der Waals surface area contributed by atoms with E-state index in [1.54, 1.807) is 58.0 Å². The number of carbonyl (C=O) groups excluding carboxylic acids is 4. The van der Waals surface area contributed by atoms with E-state index in [4.69, 9.17) is 9.47 Å². The van der Waals surface area contributed by atoms with E-state index in [-0.39, 0.29) is 38.5 Å². The Labute approximate surface area is 225 Å². The van der Waals surface area contributed by atoms with Crippen LogP contribution in [0.2, 0.25) is 0 Å². The molecule has 3 N–H and O–H groups in total. The Kier molecular flexibility index (Phi) is 13.5. The lowest BCUT2D eigenvalue weighted by molar-refractivity contribution is -0.144. The Balaban J connectivity index is 3.40. The van der Waals surface area contributed by atoms with Gasteiger partial charge in [-0.15, -0.1) is 0 Å². The molecular weight excluding hydrogens is 490 g/mol. The van der Waals surface area contributed by atoms with Crippen LogP contribution in [0, 0.1) is 5.92 Å². The maximum absolute atomic E-state index is 13.9. The van der Waals surface area contributed by atoms with Gasteiger partial charge >= 0.3 is 12.1 Å². The number of rotatable bonds is 14. The summed E-state index contributed by atoms with van der Waals surface area (Å²) in [5.41, 5.74) is 0.444. The van der Waals surface area contributed by atoms with Crippen LogP contribution >= 0.6 is 0 Å². The topological polar surface area (TPSA) is 134 Å². The highest BCUT2D eigenvalue weighted by Crippen LogP contribution is 2.25. The fraction of sp³-hybridized carbons (Fsp3) is 0.571. The number of ether oxygens (including phenoxy) is 2. The zero-order chi connectivity index (χ0) is 28.9. The number of nitrogens with one attached hydrogen (secondary N) is 2. The van der Waals surface area contributed by atoms with Crippen LogP contribution in [0.1, 0.15) is 71.6 Å². The van der Waals surface area contributed by atoms with E-state index >= 15 is 0 Å². The van der Waals surface area contributed by atoms with Gasteiger partial charge < -0.3 is 30.1 Å². The first-order valence-corrected chi connectivity index (χ1v) is 12.9. The van der Waals surface area contributed by atoms with Crippen LogP contribution in [-0.4, -0.2) is 71.8 Å². The molecule has 1 aromatic rings. The number of alkyl carbamates (subject to hydrolysis) is 1. The predicted octanol–water partition coefficient (Wildman–Crippen LogP) is 3.20. The highest BCUT2D eigenvalue weighted by molar-refractivity contribution is 5.92. The maximum Gasteiger partial charge on any atom is 0.408 e. The van der Waals surface area contributed by atoms with E-state index < -0.39 is 48.2 Å². The van der Waals surface area contributed by atoms with Crippen molar-refractivity contribution in [3.05, 3.63) is 42.0 Å². The monoisotopic (exact) mass is 533 g/mol. The summed E-state index contributed by atoms with van der Waals surface area (Å²) in [6.07, 6.45) is 1.10. The summed E-state index contributed by atoms with van der Waals surface area (Å²) < 4.78 is 10.3. The molecule has 1 rings (SSSR count). The zero-order valence-electron chi connectivity index (χ0n) is 23.4. The van der Waals surface area contributed by atoms with E-state index in [2.05, 4.69) is 17.2 Å². The van der Waals surface area contributed by atoms with E-state index in [1.807, 2.05) is 13.8 Å². The van der Waals surface area contributed by atoms with Crippen molar-refractivity contribution in [2.75, 3.05) is 26.3 Å². The van der Waals surface area contributed by atoms with Gasteiger partial charge in [0.2, 0.25) is 11.8 Å². The fourth-order valence-electron chi connectivity index (χ4n) is 3.76. The third-order valence-corrected chi connectivity index (χ3v) is 5.28. The summed E-state index contributed by atoms with van der Waals surface area (Å²) in [6, 6.07) is 4.80. The lowest BCUT2D eigenvalue weighted by Gasteiger charge is -2.34. The van der Waals surface area contributed by atoms with Gasteiger partial charge in [0.25, 0.3) is 0 Å². The Hall–Kier alpha value is -3.40. The first kappa shape index (κ1) is 32.6. The van der Waals surface area contributed by atoms with Gasteiger partial charge in [-0.25, -0.2) is 4.79 Å². The lowest BCUT2D eigenvalue weighted by atomic mass is 9.98. The van der Waals surface area contributed by atoms with E-state index in [0.29, 0.717) is 5.56 Å². The van der Waals surface area contributed by atoms with Crippen molar-refractivity contribution in [2.45, 2.75) is 72.1 Å². The Morgan fingerprint density at radius 3 is 2.42 bits per heavy atom. The molecule has 38 heavy (non-hydrogen) atoms. The predicted molar refractivity (Wildman–Crippen MR) is 145 cm³/mol. The van der Waals surface area contributed by atoms with Crippen LogP contribution in [0.4, 0.5) is 4.79 Å². The molecule has 0 spiro atoms. The summed E-state index contributed by atoms with van der Waals surface area (Å²) in [4.78, 5) is 52.9. The molecule has 0 aliphatic rings. The van der Waals surface area contributed by atoms with Gasteiger partial charge in [-0.1, -0.05) is 44.7 Å². The summed E-state index contributed by atoms with van der Waals surface area (Å²) in [6.45, 7) is 14.1. The van der Waals surface area contributed by atoms with Crippen LogP contribution in [0.15, 0.2) is 30.8 Å². The lowest BCUT2D eigenvalue weighted by Crippen LogP contribution is -2.54. The average Bonchev–Trinajstić information content (AvgIpc) is 2.81. The first-order chi connectivity index (χ1) is 17.8. The number of hydrogen-bond donors (Lipinski definition) is 3. The number of nitrogens with zero attached hydrogens (tertiary/aromatic N) is 1. The second kappa shape index (κ2) is 15.8. The molecule has 0 fully saturated rings. The molecule has 10 nitrogen and oxygen atoms in total. The van der Waals surface area contributed by atoms with Gasteiger partial charge in [-0.2, -0.15) is 0 Å². The number of aliphatic hydroxyl groups excluding tert-OH is 1. The number of benzene rings is 1. The number of aliphatic hydroxyl groups is 1. The van der Waals surface area contributed by atoms with Gasteiger partial charge in [0, 0.05) is 13.1 Å². The molecule has 0 heterocycles. The van der Waals surface area contributed by atoms with Crippen LogP contribution in [0.5, 0.6) is 0 Å². The molecule has 212 valence electrons. The third kappa shape index (κ3) is 11.3. The van der Waals surface area contributed by atoms with Crippen molar-refractivity contribution in [1.82, 2.24) is 15.5 Å².